The van der Waals surface area contributed by atoms with E-state index in [4.69, 9.17) is 0 Å². The van der Waals surface area contributed by atoms with Crippen LogP contribution in [0, 0.1) is 18.7 Å². The number of hydrogen-bond donors (Lipinski definition) is 2. The number of piperidine rings is 1. The molecule has 224 valence electrons. The summed E-state index contributed by atoms with van der Waals surface area (Å²) in [5.41, 5.74) is -3.09. The van der Waals surface area contributed by atoms with Crippen LogP contribution < -0.4 is 5.32 Å². The van der Waals surface area contributed by atoms with Crippen molar-refractivity contribution in [2.24, 2.45) is 5.92 Å². The number of halogens is 7. The molecule has 2 aromatic carbocycles. The summed E-state index contributed by atoms with van der Waals surface area (Å²) in [5, 5.41) is 13.2. The highest BCUT2D eigenvalue weighted by Gasteiger charge is 2.52. The van der Waals surface area contributed by atoms with Gasteiger partial charge in [0.05, 0.1) is 29.1 Å². The SMILES string of the molecule is Cc1cc(F)ccc1[C@H]1CC2(CCN1C(=O)N(C)[C@H](C)c1cc(C(F)(F)F)cc(C(F)(F)F)c1)NCC[C@@H]2C(=O)O. The summed E-state index contributed by atoms with van der Waals surface area (Å²) < 4.78 is 94.7. The zero-order valence-electron chi connectivity index (χ0n) is 22.5. The Morgan fingerprint density at radius 3 is 2.22 bits per heavy atom. The van der Waals surface area contributed by atoms with E-state index in [0.717, 1.165) is 4.90 Å². The van der Waals surface area contributed by atoms with Crippen molar-refractivity contribution in [3.05, 3.63) is 70.0 Å². The molecule has 0 aliphatic carbocycles. The number of alkyl halides is 6. The number of carboxylic acids is 1. The second-order valence-electron chi connectivity index (χ2n) is 10.8. The third-order valence-electron chi connectivity index (χ3n) is 8.42. The summed E-state index contributed by atoms with van der Waals surface area (Å²) in [7, 11) is 1.29. The molecule has 4 rings (SSSR count). The van der Waals surface area contributed by atoms with E-state index in [0.29, 0.717) is 36.2 Å². The maximum absolute atomic E-state index is 13.9. The molecule has 2 heterocycles. The fourth-order valence-corrected chi connectivity index (χ4v) is 6.07. The highest BCUT2D eigenvalue weighted by molar-refractivity contribution is 5.76. The molecule has 2 N–H and O–H groups in total. The quantitative estimate of drug-likeness (QED) is 0.397. The van der Waals surface area contributed by atoms with Gasteiger partial charge in [0.2, 0.25) is 0 Å². The van der Waals surface area contributed by atoms with Crippen molar-refractivity contribution in [3.8, 4) is 0 Å². The number of rotatable bonds is 4. The van der Waals surface area contributed by atoms with Gasteiger partial charge in [-0.1, -0.05) is 6.07 Å². The zero-order valence-corrected chi connectivity index (χ0v) is 22.5. The first-order valence-corrected chi connectivity index (χ1v) is 13.0. The van der Waals surface area contributed by atoms with Crippen molar-refractivity contribution in [1.29, 1.82) is 0 Å². The molecule has 2 aliphatic heterocycles. The standard InChI is InChI=1S/C28H30F7N3O3/c1-15-10-20(29)4-5-21(15)23-14-26(22(24(39)40)6-8-36-26)7-9-38(23)25(41)37(3)16(2)17-11-18(27(30,31)32)13-19(12-17)28(33,34)35/h4-5,10-13,16,22-23,36H,6-9,14H2,1-3H3,(H,39,40)/t16-,22-,23-,26?/m1/s1. The van der Waals surface area contributed by atoms with Crippen LogP contribution >= 0.6 is 0 Å². The summed E-state index contributed by atoms with van der Waals surface area (Å²) in [4.78, 5) is 28.4. The van der Waals surface area contributed by atoms with Crippen LogP contribution in [0.1, 0.15) is 66.1 Å². The summed E-state index contributed by atoms with van der Waals surface area (Å²) in [6, 6.07) is 2.64. The molecule has 1 spiro atoms. The maximum Gasteiger partial charge on any atom is 0.416 e. The number of benzene rings is 2. The van der Waals surface area contributed by atoms with E-state index < -0.39 is 64.8 Å². The summed E-state index contributed by atoms with van der Waals surface area (Å²) in [6.07, 6.45) is -9.27. The number of aryl methyl sites for hydroxylation is 1. The number of carbonyl (C=O) groups is 2. The average Bonchev–Trinajstić information content (AvgIpc) is 3.29. The van der Waals surface area contributed by atoms with E-state index in [1.165, 1.54) is 37.1 Å². The number of aliphatic carboxylic acids is 1. The molecule has 0 bridgehead atoms. The topological polar surface area (TPSA) is 72.9 Å². The molecule has 13 heteroatoms. The molecule has 0 aromatic heterocycles. The van der Waals surface area contributed by atoms with Crippen molar-refractivity contribution >= 4 is 12.0 Å². The first kappa shape index (κ1) is 30.6. The normalized spacial score (nSPS) is 24.0. The number of hydrogen-bond acceptors (Lipinski definition) is 3. The van der Waals surface area contributed by atoms with E-state index in [1.807, 2.05) is 0 Å². The zero-order chi connectivity index (χ0) is 30.5. The van der Waals surface area contributed by atoms with Crippen molar-refractivity contribution < 1.29 is 45.4 Å². The fourth-order valence-electron chi connectivity index (χ4n) is 6.07. The molecule has 2 aromatic rings. The minimum Gasteiger partial charge on any atom is -0.481 e. The Labute approximate surface area is 232 Å². The lowest BCUT2D eigenvalue weighted by Gasteiger charge is -2.48. The smallest absolute Gasteiger partial charge is 0.416 e. The Morgan fingerprint density at radius 2 is 1.68 bits per heavy atom. The maximum atomic E-state index is 13.9. The molecule has 2 saturated heterocycles. The Bertz CT molecular complexity index is 1300. The first-order valence-electron chi connectivity index (χ1n) is 13.0. The van der Waals surface area contributed by atoms with Crippen LogP contribution in [0.15, 0.2) is 36.4 Å². The molecule has 6 nitrogen and oxygen atoms in total. The molecule has 0 radical (unpaired) electrons. The lowest BCUT2D eigenvalue weighted by atomic mass is 9.73. The third kappa shape index (κ3) is 6.00. The van der Waals surface area contributed by atoms with Crippen LogP contribution in [0.5, 0.6) is 0 Å². The Morgan fingerprint density at radius 1 is 1.07 bits per heavy atom. The molecule has 2 fully saturated rings. The molecule has 41 heavy (non-hydrogen) atoms. The molecule has 0 saturated carbocycles. The monoisotopic (exact) mass is 589 g/mol. The van der Waals surface area contributed by atoms with Crippen molar-refractivity contribution in [2.45, 2.75) is 63.1 Å². The largest absolute Gasteiger partial charge is 0.481 e. The second-order valence-corrected chi connectivity index (χ2v) is 10.8. The summed E-state index contributed by atoms with van der Waals surface area (Å²) in [5.74, 6) is -2.22. The van der Waals surface area contributed by atoms with Gasteiger partial charge in [0.15, 0.2) is 0 Å². The van der Waals surface area contributed by atoms with Gasteiger partial charge in [-0.25, -0.2) is 9.18 Å². The van der Waals surface area contributed by atoms with Crippen LogP contribution in [-0.4, -0.2) is 52.6 Å². The van der Waals surface area contributed by atoms with Crippen molar-refractivity contribution in [2.75, 3.05) is 20.1 Å². The highest BCUT2D eigenvalue weighted by atomic mass is 19.4. The van der Waals surface area contributed by atoms with E-state index in [2.05, 4.69) is 5.32 Å². The molecular weight excluding hydrogens is 559 g/mol. The van der Waals surface area contributed by atoms with Crippen LogP contribution in [0.2, 0.25) is 0 Å². The van der Waals surface area contributed by atoms with Crippen molar-refractivity contribution in [3.63, 3.8) is 0 Å². The van der Waals surface area contributed by atoms with Gasteiger partial charge in [-0.05, 0) is 86.7 Å². The van der Waals surface area contributed by atoms with E-state index in [1.54, 1.807) is 6.92 Å². The Balaban J connectivity index is 1.71. The van der Waals surface area contributed by atoms with E-state index in [9.17, 15) is 45.4 Å². The number of likely N-dealkylation sites (tertiary alicyclic amines) is 1. The summed E-state index contributed by atoms with van der Waals surface area (Å²) in [6.45, 7) is 3.49. The molecule has 1 unspecified atom stereocenters. The number of urea groups is 1. The van der Waals surface area contributed by atoms with Gasteiger partial charge in [0.1, 0.15) is 5.82 Å². The average molecular weight is 590 g/mol. The van der Waals surface area contributed by atoms with E-state index >= 15 is 0 Å². The highest BCUT2D eigenvalue weighted by Crippen LogP contribution is 2.46. The van der Waals surface area contributed by atoms with Gasteiger partial charge in [0, 0.05) is 19.1 Å². The second kappa shape index (κ2) is 10.8. The number of nitrogens with one attached hydrogen (secondary N) is 1. The molecule has 2 amide bonds. The van der Waals surface area contributed by atoms with Crippen molar-refractivity contribution in [1.82, 2.24) is 15.1 Å². The van der Waals surface area contributed by atoms with Crippen LogP contribution in [0.4, 0.5) is 35.5 Å². The van der Waals surface area contributed by atoms with Gasteiger partial charge in [-0.2, -0.15) is 26.3 Å². The molecule has 2 aliphatic rings. The lowest BCUT2D eigenvalue weighted by Crippen LogP contribution is -2.58. The lowest BCUT2D eigenvalue weighted by molar-refractivity contribution is -0.145. The molecule has 4 atom stereocenters. The third-order valence-corrected chi connectivity index (χ3v) is 8.42. The van der Waals surface area contributed by atoms with Gasteiger partial charge in [-0.3, -0.25) is 4.79 Å². The number of carboxylic acid groups (broad SMARTS) is 1. The first-order chi connectivity index (χ1) is 18.9. The fraction of sp³-hybridized carbons (Fsp3) is 0.500. The van der Waals surface area contributed by atoms with Gasteiger partial charge >= 0.3 is 24.4 Å². The predicted octanol–water partition coefficient (Wildman–Crippen LogP) is 6.55. The van der Waals surface area contributed by atoms with Gasteiger partial charge < -0.3 is 20.2 Å². The minimum absolute atomic E-state index is 0.0307. The summed E-state index contributed by atoms with van der Waals surface area (Å²) >= 11 is 0. The number of nitrogens with zero attached hydrogens (tertiary/aromatic N) is 2. The Hall–Kier alpha value is -3.35. The van der Waals surface area contributed by atoms with Gasteiger partial charge in [-0.15, -0.1) is 0 Å². The number of carbonyl (C=O) groups excluding carboxylic acids is 1. The van der Waals surface area contributed by atoms with Crippen LogP contribution in [-0.2, 0) is 17.1 Å². The van der Waals surface area contributed by atoms with Gasteiger partial charge in [0.25, 0.3) is 0 Å². The van der Waals surface area contributed by atoms with Crippen LogP contribution in [0.25, 0.3) is 0 Å². The number of amides is 2. The minimum atomic E-state index is -5.04. The molecular formula is C28H30F7N3O3. The Kier molecular flexibility index (Phi) is 8.07. The van der Waals surface area contributed by atoms with Crippen LogP contribution in [0.3, 0.4) is 0 Å². The predicted molar refractivity (Wildman–Crippen MR) is 134 cm³/mol. The van der Waals surface area contributed by atoms with E-state index in [-0.39, 0.29) is 31.0 Å².